The van der Waals surface area contributed by atoms with Crippen molar-refractivity contribution >= 4 is 23.2 Å². The van der Waals surface area contributed by atoms with Crippen molar-refractivity contribution < 1.29 is 14.6 Å². The molecule has 4 aromatic rings. The number of hydrogen-bond donors (Lipinski definition) is 1. The summed E-state index contributed by atoms with van der Waals surface area (Å²) in [5, 5.41) is 12.6. The van der Waals surface area contributed by atoms with E-state index in [0.29, 0.717) is 17.9 Å². The highest BCUT2D eigenvalue weighted by atomic mass is 35.5. The normalized spacial score (nSPS) is 17.5. The molecule has 5 heteroatoms. The summed E-state index contributed by atoms with van der Waals surface area (Å²) < 4.78 is 5.34. The standard InChI is InChI=1S/C31H28ClNO3/c1-36-27-18-12-22(13-19-27)29-28(30(34)33(29)26-16-14-25(32)15-17-26)20-21-31(35,23-8-4-2-5-9-23)24-10-6-3-7-11-24/h2-19,28-29,35H,20-21H2,1H3. The van der Waals surface area contributed by atoms with Gasteiger partial charge in [-0.3, -0.25) is 4.79 Å². The molecule has 1 fully saturated rings. The van der Waals surface area contributed by atoms with Crippen molar-refractivity contribution in [2.45, 2.75) is 24.5 Å². The van der Waals surface area contributed by atoms with Gasteiger partial charge in [0.15, 0.2) is 0 Å². The number of amides is 1. The number of ether oxygens (including phenoxy) is 1. The average molecular weight is 498 g/mol. The topological polar surface area (TPSA) is 49.8 Å². The molecule has 0 aromatic heterocycles. The molecule has 4 aromatic carbocycles. The maximum atomic E-state index is 13.5. The number of halogens is 1. The Kier molecular flexibility index (Phi) is 6.82. The van der Waals surface area contributed by atoms with Crippen LogP contribution in [-0.4, -0.2) is 18.1 Å². The molecule has 1 amide bonds. The van der Waals surface area contributed by atoms with Crippen LogP contribution in [0.1, 0.15) is 35.6 Å². The summed E-state index contributed by atoms with van der Waals surface area (Å²) in [4.78, 5) is 15.4. The van der Waals surface area contributed by atoms with Gasteiger partial charge in [0.1, 0.15) is 11.4 Å². The first-order valence-corrected chi connectivity index (χ1v) is 12.4. The largest absolute Gasteiger partial charge is 0.497 e. The van der Waals surface area contributed by atoms with Crippen molar-refractivity contribution in [3.8, 4) is 5.75 Å². The molecule has 0 aliphatic carbocycles. The van der Waals surface area contributed by atoms with Crippen molar-refractivity contribution in [1.29, 1.82) is 0 Å². The van der Waals surface area contributed by atoms with Crippen LogP contribution in [0.15, 0.2) is 109 Å². The van der Waals surface area contributed by atoms with Crippen LogP contribution in [0.3, 0.4) is 0 Å². The molecule has 1 aliphatic rings. The maximum absolute atomic E-state index is 13.5. The smallest absolute Gasteiger partial charge is 0.233 e. The highest BCUT2D eigenvalue weighted by Crippen LogP contribution is 2.48. The van der Waals surface area contributed by atoms with Crippen LogP contribution in [0.25, 0.3) is 0 Å². The maximum Gasteiger partial charge on any atom is 0.233 e. The molecule has 36 heavy (non-hydrogen) atoms. The monoisotopic (exact) mass is 497 g/mol. The fourth-order valence-electron chi connectivity index (χ4n) is 5.15. The van der Waals surface area contributed by atoms with E-state index in [1.165, 1.54) is 0 Å². The number of anilines is 1. The predicted molar refractivity (Wildman–Crippen MR) is 143 cm³/mol. The van der Waals surface area contributed by atoms with Gasteiger partial charge in [-0.05, 0) is 65.9 Å². The molecule has 5 rings (SSSR count). The van der Waals surface area contributed by atoms with E-state index in [1.807, 2.05) is 102 Å². The predicted octanol–water partition coefficient (Wildman–Crippen LogP) is 6.77. The van der Waals surface area contributed by atoms with Crippen LogP contribution in [-0.2, 0) is 10.4 Å². The van der Waals surface area contributed by atoms with Crippen molar-refractivity contribution in [3.05, 3.63) is 131 Å². The van der Waals surface area contributed by atoms with Crippen molar-refractivity contribution in [2.24, 2.45) is 5.92 Å². The summed E-state index contributed by atoms with van der Waals surface area (Å²) >= 11 is 6.10. The third-order valence-corrected chi connectivity index (χ3v) is 7.35. The molecule has 1 saturated heterocycles. The number of carbonyl (C=O) groups excluding carboxylic acids is 1. The van der Waals surface area contributed by atoms with Gasteiger partial charge in [0, 0.05) is 10.7 Å². The zero-order valence-corrected chi connectivity index (χ0v) is 20.8. The highest BCUT2D eigenvalue weighted by Gasteiger charge is 2.49. The summed E-state index contributed by atoms with van der Waals surface area (Å²) in [6.07, 6.45) is 0.943. The van der Waals surface area contributed by atoms with Crippen LogP contribution < -0.4 is 9.64 Å². The molecule has 2 atom stereocenters. The number of β-lactam (4-membered cyclic amide) rings is 1. The van der Waals surface area contributed by atoms with Crippen molar-refractivity contribution in [3.63, 3.8) is 0 Å². The molecule has 0 bridgehead atoms. The Labute approximate surface area is 216 Å². The third kappa shape index (κ3) is 4.50. The van der Waals surface area contributed by atoms with Crippen LogP contribution in [0.2, 0.25) is 5.02 Å². The van der Waals surface area contributed by atoms with Gasteiger partial charge in [-0.25, -0.2) is 0 Å². The first-order valence-electron chi connectivity index (χ1n) is 12.1. The second kappa shape index (κ2) is 10.2. The minimum atomic E-state index is -1.20. The fourth-order valence-corrected chi connectivity index (χ4v) is 5.28. The van der Waals surface area contributed by atoms with E-state index >= 15 is 0 Å². The second-order valence-corrected chi connectivity index (χ2v) is 9.58. The molecule has 4 nitrogen and oxygen atoms in total. The van der Waals surface area contributed by atoms with E-state index in [9.17, 15) is 9.90 Å². The lowest BCUT2D eigenvalue weighted by Crippen LogP contribution is -2.55. The van der Waals surface area contributed by atoms with Gasteiger partial charge in [0.05, 0.1) is 19.1 Å². The van der Waals surface area contributed by atoms with Crippen LogP contribution >= 0.6 is 11.6 Å². The second-order valence-electron chi connectivity index (χ2n) is 9.14. The van der Waals surface area contributed by atoms with Crippen LogP contribution in [0.5, 0.6) is 5.75 Å². The Bertz CT molecular complexity index is 1270. The molecule has 1 aliphatic heterocycles. The number of benzene rings is 4. The molecule has 182 valence electrons. The average Bonchev–Trinajstić information content (AvgIpc) is 2.93. The minimum absolute atomic E-state index is 0.0432. The van der Waals surface area contributed by atoms with Crippen LogP contribution in [0.4, 0.5) is 5.69 Å². The number of rotatable bonds is 8. The van der Waals surface area contributed by atoms with Gasteiger partial charge < -0.3 is 14.7 Å². The minimum Gasteiger partial charge on any atom is -0.497 e. The number of hydrogen-bond acceptors (Lipinski definition) is 3. The molecule has 1 N–H and O–H groups in total. The lowest BCUT2D eigenvalue weighted by molar-refractivity contribution is -0.131. The summed E-state index contributed by atoms with van der Waals surface area (Å²) in [5.41, 5.74) is 2.27. The summed E-state index contributed by atoms with van der Waals surface area (Å²) in [5.74, 6) is 0.538. The summed E-state index contributed by atoms with van der Waals surface area (Å²) in [6, 6.07) is 34.4. The third-order valence-electron chi connectivity index (χ3n) is 7.10. The van der Waals surface area contributed by atoms with Crippen LogP contribution in [0, 0.1) is 5.92 Å². The van der Waals surface area contributed by atoms with E-state index < -0.39 is 5.60 Å². The number of methoxy groups -OCH3 is 1. The molecule has 1 heterocycles. The molecule has 0 spiro atoms. The molecular formula is C31H28ClNO3. The molecule has 0 radical (unpaired) electrons. The van der Waals surface area contributed by atoms with Gasteiger partial charge in [-0.15, -0.1) is 0 Å². The summed E-state index contributed by atoms with van der Waals surface area (Å²) in [6.45, 7) is 0. The Morgan fingerprint density at radius 2 is 1.39 bits per heavy atom. The lowest BCUT2D eigenvalue weighted by Gasteiger charge is -2.48. The van der Waals surface area contributed by atoms with E-state index in [-0.39, 0.29) is 17.9 Å². The fraction of sp³-hybridized carbons (Fsp3) is 0.194. The first kappa shape index (κ1) is 24.1. The molecular weight excluding hydrogens is 470 g/mol. The Morgan fingerprint density at radius 1 is 0.833 bits per heavy atom. The van der Waals surface area contributed by atoms with Gasteiger partial charge in [0.2, 0.25) is 5.91 Å². The van der Waals surface area contributed by atoms with E-state index in [1.54, 1.807) is 19.2 Å². The van der Waals surface area contributed by atoms with Crippen molar-refractivity contribution in [2.75, 3.05) is 12.0 Å². The molecule has 2 unspecified atom stereocenters. The lowest BCUT2D eigenvalue weighted by atomic mass is 9.74. The highest BCUT2D eigenvalue weighted by molar-refractivity contribution is 6.30. The zero-order valence-electron chi connectivity index (χ0n) is 20.1. The van der Waals surface area contributed by atoms with Crippen molar-refractivity contribution in [1.82, 2.24) is 0 Å². The Hall–Kier alpha value is -3.60. The van der Waals surface area contributed by atoms with Gasteiger partial charge in [-0.1, -0.05) is 84.4 Å². The number of nitrogens with zero attached hydrogens (tertiary/aromatic N) is 1. The Balaban J connectivity index is 1.47. The summed E-state index contributed by atoms with van der Waals surface area (Å²) in [7, 11) is 1.64. The van der Waals surface area contributed by atoms with E-state index in [0.717, 1.165) is 28.1 Å². The SMILES string of the molecule is COc1ccc(C2C(CCC(O)(c3ccccc3)c3ccccc3)C(=O)N2c2ccc(Cl)cc2)cc1. The Morgan fingerprint density at radius 3 is 1.92 bits per heavy atom. The van der Waals surface area contributed by atoms with Gasteiger partial charge in [0.25, 0.3) is 0 Å². The van der Waals surface area contributed by atoms with Gasteiger partial charge in [-0.2, -0.15) is 0 Å². The number of aliphatic hydroxyl groups is 1. The zero-order chi connectivity index (χ0) is 25.1. The quantitative estimate of drug-likeness (QED) is 0.273. The van der Waals surface area contributed by atoms with E-state index in [2.05, 4.69) is 0 Å². The van der Waals surface area contributed by atoms with Gasteiger partial charge >= 0.3 is 0 Å². The number of carbonyl (C=O) groups is 1. The first-order chi connectivity index (χ1) is 17.5. The van der Waals surface area contributed by atoms with E-state index in [4.69, 9.17) is 16.3 Å². The molecule has 0 saturated carbocycles.